The van der Waals surface area contributed by atoms with Crippen LogP contribution in [0.15, 0.2) is 77.7 Å². The molecule has 1 unspecified atom stereocenters. The second-order valence-electron chi connectivity index (χ2n) is 7.26. The molecule has 0 radical (unpaired) electrons. The largest absolute Gasteiger partial charge is 0.265 e. The zero-order chi connectivity index (χ0) is 17.9. The first kappa shape index (κ1) is 15.6. The summed E-state index contributed by atoms with van der Waals surface area (Å²) in [5.41, 5.74) is 5.34. The fourth-order valence-corrected chi connectivity index (χ4v) is 5.94. The van der Waals surface area contributed by atoms with Gasteiger partial charge in [-0.25, -0.2) is 8.42 Å². The number of para-hydroxylation sites is 1. The molecular formula is C22H19NO2S. The zero-order valence-electron chi connectivity index (χ0n) is 14.5. The summed E-state index contributed by atoms with van der Waals surface area (Å²) in [7, 11) is -3.59. The van der Waals surface area contributed by atoms with E-state index in [1.54, 1.807) is 16.4 Å². The van der Waals surface area contributed by atoms with Gasteiger partial charge in [0, 0.05) is 12.0 Å². The van der Waals surface area contributed by atoms with Crippen LogP contribution in [-0.4, -0.2) is 15.0 Å². The third-order valence-corrected chi connectivity index (χ3v) is 7.51. The van der Waals surface area contributed by atoms with Crippen LogP contribution in [0, 0.1) is 6.92 Å². The number of sulfonamides is 1. The maximum Gasteiger partial charge on any atom is 0.264 e. The Hall–Kier alpha value is -2.59. The van der Waals surface area contributed by atoms with Crippen molar-refractivity contribution in [2.24, 2.45) is 0 Å². The van der Waals surface area contributed by atoms with Crippen molar-refractivity contribution in [3.63, 3.8) is 0 Å². The first-order valence-electron chi connectivity index (χ1n) is 8.80. The first-order chi connectivity index (χ1) is 12.5. The number of anilines is 1. The Bertz CT molecular complexity index is 1120. The molecule has 0 N–H and O–H groups in total. The van der Waals surface area contributed by atoms with Gasteiger partial charge in [-0.3, -0.25) is 4.31 Å². The lowest BCUT2D eigenvalue weighted by atomic mass is 9.61. The normalized spacial score (nSPS) is 20.6. The van der Waals surface area contributed by atoms with Gasteiger partial charge in [0.1, 0.15) is 0 Å². The second kappa shape index (κ2) is 5.21. The minimum atomic E-state index is -3.59. The molecule has 5 rings (SSSR count). The molecule has 1 heterocycles. The number of fused-ring (bicyclic) bond motifs is 4. The molecule has 3 nitrogen and oxygen atoms in total. The van der Waals surface area contributed by atoms with Gasteiger partial charge in [-0.1, -0.05) is 60.2 Å². The van der Waals surface area contributed by atoms with Crippen molar-refractivity contribution in [1.29, 1.82) is 0 Å². The van der Waals surface area contributed by atoms with Crippen molar-refractivity contribution < 1.29 is 8.42 Å². The van der Waals surface area contributed by atoms with Crippen molar-refractivity contribution in [3.8, 4) is 0 Å². The minimum absolute atomic E-state index is 0.217. The molecule has 1 aliphatic carbocycles. The molecule has 0 saturated carbocycles. The number of nitrogens with zero attached hydrogens (tertiary/aromatic N) is 1. The van der Waals surface area contributed by atoms with E-state index in [-0.39, 0.29) is 5.41 Å². The Morgan fingerprint density at radius 1 is 0.846 bits per heavy atom. The lowest BCUT2D eigenvalue weighted by Crippen LogP contribution is -2.45. The van der Waals surface area contributed by atoms with E-state index in [1.807, 2.05) is 49.4 Å². The smallest absolute Gasteiger partial charge is 0.264 e. The van der Waals surface area contributed by atoms with E-state index in [1.165, 1.54) is 11.1 Å². The van der Waals surface area contributed by atoms with E-state index < -0.39 is 10.0 Å². The summed E-state index contributed by atoms with van der Waals surface area (Å²) in [6, 6.07) is 23.4. The van der Waals surface area contributed by atoms with Gasteiger partial charge in [0.15, 0.2) is 0 Å². The molecule has 0 fully saturated rings. The van der Waals surface area contributed by atoms with Crippen LogP contribution in [-0.2, 0) is 21.9 Å². The predicted octanol–water partition coefficient (Wildman–Crippen LogP) is 4.05. The van der Waals surface area contributed by atoms with Crippen LogP contribution in [0.4, 0.5) is 5.69 Å². The van der Waals surface area contributed by atoms with E-state index in [4.69, 9.17) is 0 Å². The van der Waals surface area contributed by atoms with Crippen LogP contribution in [0.25, 0.3) is 0 Å². The Labute approximate surface area is 154 Å². The minimum Gasteiger partial charge on any atom is -0.265 e. The highest BCUT2D eigenvalue weighted by Crippen LogP contribution is 2.54. The molecular weight excluding hydrogens is 342 g/mol. The summed E-state index contributed by atoms with van der Waals surface area (Å²) in [5, 5.41) is 0. The number of aryl methyl sites for hydroxylation is 1. The van der Waals surface area contributed by atoms with Crippen LogP contribution in [0.1, 0.15) is 22.3 Å². The van der Waals surface area contributed by atoms with Gasteiger partial charge in [0.05, 0.1) is 10.6 Å². The Kier molecular flexibility index (Phi) is 3.13. The Morgan fingerprint density at radius 2 is 1.50 bits per heavy atom. The topological polar surface area (TPSA) is 37.4 Å². The second-order valence-corrected chi connectivity index (χ2v) is 9.12. The van der Waals surface area contributed by atoms with Crippen molar-refractivity contribution in [2.45, 2.75) is 23.7 Å². The molecule has 2 aliphatic rings. The molecule has 1 spiro atoms. The molecule has 4 heteroatoms. The molecule has 0 aromatic heterocycles. The lowest BCUT2D eigenvalue weighted by molar-refractivity contribution is 0.482. The molecule has 26 heavy (non-hydrogen) atoms. The van der Waals surface area contributed by atoms with Crippen molar-refractivity contribution in [1.82, 2.24) is 0 Å². The van der Waals surface area contributed by atoms with Crippen LogP contribution >= 0.6 is 0 Å². The van der Waals surface area contributed by atoms with E-state index >= 15 is 0 Å². The molecule has 0 bridgehead atoms. The molecule has 1 aliphatic heterocycles. The number of rotatable bonds is 2. The number of hydrogen-bond donors (Lipinski definition) is 0. The maximum atomic E-state index is 13.4. The molecule has 0 saturated heterocycles. The van der Waals surface area contributed by atoms with Crippen LogP contribution in [0.2, 0.25) is 0 Å². The van der Waals surface area contributed by atoms with Gasteiger partial charge < -0.3 is 0 Å². The van der Waals surface area contributed by atoms with Crippen LogP contribution < -0.4 is 4.31 Å². The summed E-state index contributed by atoms with van der Waals surface area (Å²) in [4.78, 5) is 0.350. The molecule has 0 amide bonds. The highest BCUT2D eigenvalue weighted by atomic mass is 32.2. The van der Waals surface area contributed by atoms with E-state index in [0.29, 0.717) is 11.4 Å². The zero-order valence-corrected chi connectivity index (χ0v) is 15.3. The fraction of sp³-hybridized carbons (Fsp3) is 0.182. The average molecular weight is 361 g/mol. The third kappa shape index (κ3) is 1.96. The highest BCUT2D eigenvalue weighted by molar-refractivity contribution is 7.92. The standard InChI is InChI=1S/C22H19NO2S/c1-16-10-12-18(13-11-16)26(24,25)23-15-22(20-8-4-5-9-21(20)23)14-17-6-2-3-7-19(17)22/h2-13H,14-15H2,1H3. The molecule has 3 aromatic carbocycles. The third-order valence-electron chi connectivity index (χ3n) is 5.74. The monoisotopic (exact) mass is 361 g/mol. The predicted molar refractivity (Wildman–Crippen MR) is 103 cm³/mol. The van der Waals surface area contributed by atoms with E-state index in [9.17, 15) is 8.42 Å². The van der Waals surface area contributed by atoms with E-state index in [0.717, 1.165) is 23.2 Å². The Morgan fingerprint density at radius 3 is 2.23 bits per heavy atom. The van der Waals surface area contributed by atoms with Gasteiger partial charge >= 0.3 is 0 Å². The summed E-state index contributed by atoms with van der Waals surface area (Å²) in [5.74, 6) is 0. The number of hydrogen-bond acceptors (Lipinski definition) is 2. The summed E-state index contributed by atoms with van der Waals surface area (Å²) in [6.45, 7) is 2.43. The van der Waals surface area contributed by atoms with Gasteiger partial charge in [-0.15, -0.1) is 0 Å². The van der Waals surface area contributed by atoms with Crippen LogP contribution in [0.3, 0.4) is 0 Å². The fourth-order valence-electron chi connectivity index (χ4n) is 4.40. The van der Waals surface area contributed by atoms with Gasteiger partial charge in [-0.2, -0.15) is 0 Å². The van der Waals surface area contributed by atoms with Gasteiger partial charge in [-0.05, 0) is 48.2 Å². The van der Waals surface area contributed by atoms with Crippen molar-refractivity contribution >= 4 is 15.7 Å². The van der Waals surface area contributed by atoms with Gasteiger partial charge in [0.25, 0.3) is 10.0 Å². The highest BCUT2D eigenvalue weighted by Gasteiger charge is 2.53. The van der Waals surface area contributed by atoms with Crippen molar-refractivity contribution in [3.05, 3.63) is 95.1 Å². The van der Waals surface area contributed by atoms with Crippen molar-refractivity contribution in [2.75, 3.05) is 10.8 Å². The summed E-state index contributed by atoms with van der Waals surface area (Å²) >= 11 is 0. The SMILES string of the molecule is Cc1ccc(S(=O)(=O)N2CC3(Cc4ccccc43)c3ccccc32)cc1. The average Bonchev–Trinajstić information content (AvgIpc) is 3.00. The molecule has 3 aromatic rings. The van der Waals surface area contributed by atoms with E-state index in [2.05, 4.69) is 18.2 Å². The Balaban J connectivity index is 1.66. The summed E-state index contributed by atoms with van der Waals surface area (Å²) in [6.07, 6.45) is 0.889. The van der Waals surface area contributed by atoms with Crippen LogP contribution in [0.5, 0.6) is 0 Å². The molecule has 130 valence electrons. The summed E-state index contributed by atoms with van der Waals surface area (Å²) < 4.78 is 28.3. The number of benzene rings is 3. The van der Waals surface area contributed by atoms with Gasteiger partial charge in [0.2, 0.25) is 0 Å². The molecule has 1 atom stereocenters. The first-order valence-corrected chi connectivity index (χ1v) is 10.2. The lowest BCUT2D eigenvalue weighted by Gasteiger charge is -2.41. The maximum absolute atomic E-state index is 13.4. The quantitative estimate of drug-likeness (QED) is 0.691.